The lowest BCUT2D eigenvalue weighted by molar-refractivity contribution is -0.278. The summed E-state index contributed by atoms with van der Waals surface area (Å²) < 4.78 is 21.4. The highest BCUT2D eigenvalue weighted by Crippen LogP contribution is 2.39. The lowest BCUT2D eigenvalue weighted by atomic mass is 9.99. The summed E-state index contributed by atoms with van der Waals surface area (Å²) in [6.45, 7) is -0.762. The van der Waals surface area contributed by atoms with Crippen LogP contribution in [0.3, 0.4) is 0 Å². The van der Waals surface area contributed by atoms with Crippen LogP contribution in [-0.4, -0.2) is 90.1 Å². The molecule has 0 amide bonds. The fourth-order valence-corrected chi connectivity index (χ4v) is 3.85. The fourth-order valence-electron chi connectivity index (χ4n) is 3.85. The third-order valence-corrected chi connectivity index (χ3v) is 5.76. The number of carbonyl (C=O) groups is 2. The average molecular weight is 550 g/mol. The second-order valence-electron chi connectivity index (χ2n) is 8.52. The minimum absolute atomic E-state index is 0.0489. The molecule has 0 aliphatic carbocycles. The largest absolute Gasteiger partial charge is 0.508 e. The third kappa shape index (κ3) is 5.51. The molecule has 15 heteroatoms. The van der Waals surface area contributed by atoms with Crippen molar-refractivity contribution in [2.45, 2.75) is 37.1 Å². The highest BCUT2D eigenvalue weighted by Gasteiger charge is 2.46. The molecule has 15 nitrogen and oxygen atoms in total. The van der Waals surface area contributed by atoms with E-state index in [0.29, 0.717) is 0 Å². The molecule has 0 saturated carbocycles. The molecule has 39 heavy (non-hydrogen) atoms. The summed E-state index contributed by atoms with van der Waals surface area (Å²) >= 11 is 0. The van der Waals surface area contributed by atoms with Crippen LogP contribution in [0.4, 0.5) is 0 Å². The van der Waals surface area contributed by atoms with Gasteiger partial charge in [-0.15, -0.1) is 0 Å². The number of aliphatic hydroxyl groups is 3. The number of hydrogen-bond acceptors (Lipinski definition) is 14. The average Bonchev–Trinajstić information content (AvgIpc) is 2.85. The van der Waals surface area contributed by atoms with Crippen LogP contribution < -0.4 is 10.2 Å². The maximum absolute atomic E-state index is 13.4. The molecule has 1 aliphatic rings. The quantitative estimate of drug-likeness (QED) is 0.105. The van der Waals surface area contributed by atoms with Gasteiger partial charge in [-0.1, -0.05) is 0 Å². The van der Waals surface area contributed by atoms with Crippen LogP contribution in [0.15, 0.2) is 39.5 Å². The van der Waals surface area contributed by atoms with E-state index in [9.17, 15) is 50.1 Å². The summed E-state index contributed by atoms with van der Waals surface area (Å²) in [5, 5.41) is 79.0. The predicted molar refractivity (Wildman–Crippen MR) is 125 cm³/mol. The van der Waals surface area contributed by atoms with Gasteiger partial charge in [0.25, 0.3) is 0 Å². The second-order valence-corrected chi connectivity index (χ2v) is 8.52. The minimum atomic E-state index is -1.99. The highest BCUT2D eigenvalue weighted by molar-refractivity contribution is 5.90. The van der Waals surface area contributed by atoms with E-state index in [0.717, 1.165) is 24.3 Å². The zero-order valence-corrected chi connectivity index (χ0v) is 19.6. The van der Waals surface area contributed by atoms with Crippen molar-refractivity contribution in [1.82, 2.24) is 0 Å². The van der Waals surface area contributed by atoms with E-state index in [1.807, 2.05) is 0 Å². The normalized spacial score (nSPS) is 22.9. The molecule has 8 N–H and O–H groups in total. The first kappa shape index (κ1) is 27.5. The van der Waals surface area contributed by atoms with Gasteiger partial charge in [-0.2, -0.15) is 0 Å². The minimum Gasteiger partial charge on any atom is -0.508 e. The van der Waals surface area contributed by atoms with Crippen molar-refractivity contribution in [2.24, 2.45) is 0 Å². The lowest BCUT2D eigenvalue weighted by Gasteiger charge is -2.39. The molecule has 0 radical (unpaired) electrons. The zero-order chi connectivity index (χ0) is 28.6. The van der Waals surface area contributed by atoms with Gasteiger partial charge in [0.05, 0.1) is 0 Å². The molecule has 1 fully saturated rings. The van der Waals surface area contributed by atoms with Crippen molar-refractivity contribution in [3.05, 3.63) is 40.6 Å². The number of hydrogen-bond donors (Lipinski definition) is 8. The molecule has 2 aromatic carbocycles. The molecule has 3 unspecified atom stereocenters. The number of benzene rings is 2. The van der Waals surface area contributed by atoms with Crippen molar-refractivity contribution < 1.29 is 69.1 Å². The Hall–Kier alpha value is -4.57. The molecule has 1 aromatic heterocycles. The number of aliphatic carboxylic acids is 1. The molecule has 3 aromatic rings. The number of aromatic hydroxyl groups is 4. The summed E-state index contributed by atoms with van der Waals surface area (Å²) in [7, 11) is 0. The molecule has 0 bridgehead atoms. The molecule has 2 heterocycles. The molecule has 1 aliphatic heterocycles. The van der Waals surface area contributed by atoms with Crippen LogP contribution in [0, 0.1) is 0 Å². The molecule has 0 spiro atoms. The molecule has 1 saturated heterocycles. The van der Waals surface area contributed by atoms with Gasteiger partial charge >= 0.3 is 11.9 Å². The number of fused-ring (bicyclic) bond motifs is 1. The zero-order valence-electron chi connectivity index (χ0n) is 19.6. The van der Waals surface area contributed by atoms with Gasteiger partial charge < -0.3 is 59.5 Å². The third-order valence-electron chi connectivity index (χ3n) is 5.76. The fraction of sp³-hybridized carbons (Fsp3) is 0.292. The van der Waals surface area contributed by atoms with E-state index in [-0.39, 0.29) is 11.1 Å². The van der Waals surface area contributed by atoms with Crippen LogP contribution in [0.25, 0.3) is 22.3 Å². The summed E-state index contributed by atoms with van der Waals surface area (Å²) in [4.78, 5) is 35.7. The standard InChI is InChI=1S/C24H22O15/c25-9-4-12(28)17-13(5-9)37-22(8-1-2-10(26)11(27)3-8)23(19(17)33)39-24-21(35)20(34)18(32)14(38-24)7-36-16(31)6-15(29)30/h1-5,14,18,20-21,24-28,32,34-35H,6-7H2,(H,29,30)/t14?,18-,20?,21?,24+/m0/s1. The van der Waals surface area contributed by atoms with Gasteiger partial charge in [0.15, 0.2) is 17.3 Å². The van der Waals surface area contributed by atoms with Crippen molar-refractivity contribution in [3.63, 3.8) is 0 Å². The van der Waals surface area contributed by atoms with Gasteiger partial charge in [-0.05, 0) is 18.2 Å². The molecule has 208 valence electrons. The SMILES string of the molecule is O=C(O)CC(=O)OCC1O[C@H](Oc2c(-c3ccc(O)c(O)c3)oc3cc(O)cc(O)c3c2=O)C(O)C(O)[C@H]1O. The monoisotopic (exact) mass is 550 g/mol. The second kappa shape index (κ2) is 10.7. The molecular formula is C24H22O15. The first-order chi connectivity index (χ1) is 18.4. The van der Waals surface area contributed by atoms with E-state index in [1.165, 1.54) is 6.07 Å². The Bertz CT molecular complexity index is 1480. The number of phenolic OH excluding ortho intramolecular Hbond substituents is 4. The van der Waals surface area contributed by atoms with Crippen LogP contribution in [-0.2, 0) is 19.1 Å². The van der Waals surface area contributed by atoms with Crippen molar-refractivity contribution in [1.29, 1.82) is 0 Å². The maximum Gasteiger partial charge on any atom is 0.317 e. The Morgan fingerprint density at radius 3 is 2.28 bits per heavy atom. The van der Waals surface area contributed by atoms with E-state index >= 15 is 0 Å². The summed E-state index contributed by atoms with van der Waals surface area (Å²) in [6, 6.07) is 5.14. The van der Waals surface area contributed by atoms with Crippen LogP contribution in [0.1, 0.15) is 6.42 Å². The summed E-state index contributed by atoms with van der Waals surface area (Å²) in [6.07, 6.45) is -10.2. The van der Waals surface area contributed by atoms with Crippen molar-refractivity contribution in [2.75, 3.05) is 6.61 Å². The van der Waals surface area contributed by atoms with Gasteiger partial charge in [0.1, 0.15) is 59.9 Å². The topological polar surface area (TPSA) is 254 Å². The first-order valence-electron chi connectivity index (χ1n) is 11.2. The smallest absolute Gasteiger partial charge is 0.317 e. The first-order valence-corrected chi connectivity index (χ1v) is 11.2. The molecule has 5 atom stereocenters. The number of aliphatic hydroxyl groups excluding tert-OH is 3. The van der Waals surface area contributed by atoms with Crippen LogP contribution >= 0.6 is 0 Å². The Kier molecular flexibility index (Phi) is 7.51. The van der Waals surface area contributed by atoms with E-state index in [2.05, 4.69) is 0 Å². The number of ether oxygens (including phenoxy) is 3. The van der Waals surface area contributed by atoms with Gasteiger partial charge in [0.2, 0.25) is 17.5 Å². The predicted octanol–water partition coefficient (Wildman–Crippen LogP) is -0.513. The highest BCUT2D eigenvalue weighted by atomic mass is 16.7. The van der Waals surface area contributed by atoms with E-state index in [4.69, 9.17) is 23.7 Å². The van der Waals surface area contributed by atoms with Crippen LogP contribution in [0.2, 0.25) is 0 Å². The Balaban J connectivity index is 1.76. The number of carboxylic acid groups (broad SMARTS) is 1. The number of esters is 1. The lowest BCUT2D eigenvalue weighted by Crippen LogP contribution is -2.60. The number of carboxylic acids is 1. The van der Waals surface area contributed by atoms with Crippen molar-refractivity contribution >= 4 is 22.9 Å². The Morgan fingerprint density at radius 1 is 0.897 bits per heavy atom. The van der Waals surface area contributed by atoms with Gasteiger partial charge in [0, 0.05) is 17.7 Å². The maximum atomic E-state index is 13.4. The number of rotatable bonds is 7. The van der Waals surface area contributed by atoms with E-state index in [1.54, 1.807) is 0 Å². The van der Waals surface area contributed by atoms with Crippen molar-refractivity contribution in [3.8, 4) is 40.1 Å². The van der Waals surface area contributed by atoms with Gasteiger partial charge in [-0.25, -0.2) is 0 Å². The molecule has 4 rings (SSSR count). The number of phenols is 4. The molecular weight excluding hydrogens is 528 g/mol. The summed E-state index contributed by atoms with van der Waals surface area (Å²) in [5.74, 6) is -6.09. The Labute approximate surface area is 216 Å². The van der Waals surface area contributed by atoms with Gasteiger partial charge in [-0.3, -0.25) is 14.4 Å². The Morgan fingerprint density at radius 2 is 1.62 bits per heavy atom. The van der Waals surface area contributed by atoms with Crippen LogP contribution in [0.5, 0.6) is 28.7 Å². The number of carbonyl (C=O) groups excluding carboxylic acids is 1. The van der Waals surface area contributed by atoms with E-state index < -0.39 is 101 Å². The summed E-state index contributed by atoms with van der Waals surface area (Å²) in [5.41, 5.74) is -1.40.